The Morgan fingerprint density at radius 3 is 1.56 bits per heavy atom. The van der Waals surface area contributed by atoms with E-state index in [-0.39, 0.29) is 11.5 Å². The van der Waals surface area contributed by atoms with Gasteiger partial charge in [0, 0.05) is 5.56 Å². The van der Waals surface area contributed by atoms with Crippen molar-refractivity contribution in [3.8, 4) is 11.5 Å². The predicted molar refractivity (Wildman–Crippen MR) is 147 cm³/mol. The van der Waals surface area contributed by atoms with E-state index >= 15 is 0 Å². The van der Waals surface area contributed by atoms with Crippen molar-refractivity contribution in [2.24, 2.45) is 16.7 Å². The molecule has 0 radical (unpaired) electrons. The highest BCUT2D eigenvalue weighted by Crippen LogP contribution is 2.39. The summed E-state index contributed by atoms with van der Waals surface area (Å²) in [5.74, 6) is 1.32. The molecule has 34 heavy (non-hydrogen) atoms. The molecule has 1 rings (SSSR count). The molecule has 3 nitrogen and oxygen atoms in total. The van der Waals surface area contributed by atoms with E-state index in [0.29, 0.717) is 23.7 Å². The molecule has 0 saturated carbocycles. The van der Waals surface area contributed by atoms with E-state index in [1.54, 1.807) is 0 Å². The lowest BCUT2D eigenvalue weighted by Crippen LogP contribution is -2.26. The van der Waals surface area contributed by atoms with Gasteiger partial charge in [-0.3, -0.25) is 0 Å². The standard InChI is InChI=1S/C31H56O3/c1-22(2)14-11-16-29(6,7)17-12-18-30(8,9)19-13-20-31(10,34)21-15-26-25(5)27(32)23(3)24(4)28(26)33/h22,32-34H,11-21H2,1-10H3/t31-/m0/s1. The van der Waals surface area contributed by atoms with Gasteiger partial charge in [0.05, 0.1) is 5.60 Å². The van der Waals surface area contributed by atoms with Crippen molar-refractivity contribution in [3.05, 3.63) is 22.3 Å². The molecule has 0 aromatic heterocycles. The van der Waals surface area contributed by atoms with Gasteiger partial charge in [0.25, 0.3) is 0 Å². The molecule has 1 aromatic rings. The van der Waals surface area contributed by atoms with Crippen LogP contribution in [-0.4, -0.2) is 20.9 Å². The van der Waals surface area contributed by atoms with E-state index in [0.717, 1.165) is 47.4 Å². The Bertz CT molecular complexity index is 742. The van der Waals surface area contributed by atoms with Crippen LogP contribution in [0.25, 0.3) is 0 Å². The van der Waals surface area contributed by atoms with E-state index in [4.69, 9.17) is 0 Å². The fourth-order valence-electron chi connectivity index (χ4n) is 5.24. The number of aliphatic hydroxyl groups is 1. The third-order valence-electron chi connectivity index (χ3n) is 8.19. The van der Waals surface area contributed by atoms with Crippen LogP contribution in [0.5, 0.6) is 11.5 Å². The van der Waals surface area contributed by atoms with Crippen LogP contribution in [-0.2, 0) is 6.42 Å². The number of phenols is 2. The van der Waals surface area contributed by atoms with Crippen molar-refractivity contribution in [3.63, 3.8) is 0 Å². The third-order valence-corrected chi connectivity index (χ3v) is 8.19. The van der Waals surface area contributed by atoms with Gasteiger partial charge in [0.15, 0.2) is 0 Å². The molecule has 198 valence electrons. The maximum Gasteiger partial charge on any atom is 0.122 e. The fourth-order valence-corrected chi connectivity index (χ4v) is 5.24. The molecule has 0 amide bonds. The van der Waals surface area contributed by atoms with Gasteiger partial charge in [-0.25, -0.2) is 0 Å². The van der Waals surface area contributed by atoms with Gasteiger partial charge >= 0.3 is 0 Å². The molecule has 0 unspecified atom stereocenters. The van der Waals surface area contributed by atoms with E-state index < -0.39 is 5.60 Å². The number of phenolic OH excluding ortho intramolecular Hbond substituents is 2. The molecule has 1 atom stereocenters. The Morgan fingerprint density at radius 1 is 0.618 bits per heavy atom. The first-order chi connectivity index (χ1) is 15.5. The van der Waals surface area contributed by atoms with Gasteiger partial charge < -0.3 is 15.3 Å². The van der Waals surface area contributed by atoms with E-state index in [9.17, 15) is 15.3 Å². The van der Waals surface area contributed by atoms with Crippen LogP contribution >= 0.6 is 0 Å². The minimum Gasteiger partial charge on any atom is -0.507 e. The molecule has 0 bridgehead atoms. The molecule has 0 fully saturated rings. The smallest absolute Gasteiger partial charge is 0.122 e. The number of hydrogen-bond donors (Lipinski definition) is 3. The first-order valence-corrected chi connectivity index (χ1v) is 13.7. The predicted octanol–water partition coefficient (Wildman–Crippen LogP) is 8.93. The van der Waals surface area contributed by atoms with Crippen LogP contribution in [0.1, 0.15) is 135 Å². The number of aromatic hydroxyl groups is 2. The second-order valence-corrected chi connectivity index (χ2v) is 13.4. The minimum absolute atomic E-state index is 0.259. The zero-order valence-corrected chi connectivity index (χ0v) is 24.2. The summed E-state index contributed by atoms with van der Waals surface area (Å²) in [6.07, 6.45) is 11.8. The van der Waals surface area contributed by atoms with Crippen LogP contribution < -0.4 is 0 Å². The Morgan fingerprint density at radius 2 is 1.06 bits per heavy atom. The maximum atomic E-state index is 11.0. The molecular weight excluding hydrogens is 420 g/mol. The van der Waals surface area contributed by atoms with Crippen LogP contribution in [0, 0.1) is 37.5 Å². The molecule has 0 saturated heterocycles. The second-order valence-electron chi connectivity index (χ2n) is 13.4. The van der Waals surface area contributed by atoms with Crippen molar-refractivity contribution < 1.29 is 15.3 Å². The van der Waals surface area contributed by atoms with Crippen molar-refractivity contribution >= 4 is 0 Å². The van der Waals surface area contributed by atoms with Crippen LogP contribution in [0.4, 0.5) is 0 Å². The van der Waals surface area contributed by atoms with Crippen LogP contribution in [0.2, 0.25) is 0 Å². The zero-order chi connectivity index (χ0) is 26.3. The van der Waals surface area contributed by atoms with Gasteiger partial charge in [-0.2, -0.15) is 0 Å². The molecule has 0 heterocycles. The van der Waals surface area contributed by atoms with Gasteiger partial charge in [-0.15, -0.1) is 0 Å². The van der Waals surface area contributed by atoms with Gasteiger partial charge in [0.1, 0.15) is 11.5 Å². The first kappa shape index (κ1) is 30.8. The fraction of sp³-hybridized carbons (Fsp3) is 0.806. The molecule has 1 aromatic carbocycles. The monoisotopic (exact) mass is 476 g/mol. The zero-order valence-electron chi connectivity index (χ0n) is 24.2. The first-order valence-electron chi connectivity index (χ1n) is 13.7. The molecule has 3 heteroatoms. The SMILES string of the molecule is Cc1c(C)c(O)c(CC[C@@](C)(O)CCCC(C)(C)CCCC(C)(C)CCCC(C)C)c(C)c1O. The van der Waals surface area contributed by atoms with Gasteiger partial charge in [0.2, 0.25) is 0 Å². The average Bonchev–Trinajstić information content (AvgIpc) is 2.69. The largest absolute Gasteiger partial charge is 0.507 e. The van der Waals surface area contributed by atoms with E-state index in [1.165, 1.54) is 38.5 Å². The lowest BCUT2D eigenvalue weighted by molar-refractivity contribution is 0.0364. The second kappa shape index (κ2) is 12.7. The Labute approximate surface area is 211 Å². The highest BCUT2D eigenvalue weighted by Gasteiger charge is 2.26. The summed E-state index contributed by atoms with van der Waals surface area (Å²) in [4.78, 5) is 0. The molecule has 0 spiro atoms. The molecule has 0 aliphatic heterocycles. The third kappa shape index (κ3) is 10.2. The lowest BCUT2D eigenvalue weighted by atomic mass is 9.76. The molecule has 3 N–H and O–H groups in total. The van der Waals surface area contributed by atoms with Crippen LogP contribution in [0.15, 0.2) is 0 Å². The highest BCUT2D eigenvalue weighted by molar-refractivity contribution is 5.56. The van der Waals surface area contributed by atoms with Crippen LogP contribution in [0.3, 0.4) is 0 Å². The van der Waals surface area contributed by atoms with Crippen molar-refractivity contribution in [1.29, 1.82) is 0 Å². The van der Waals surface area contributed by atoms with E-state index in [1.807, 2.05) is 27.7 Å². The summed E-state index contributed by atoms with van der Waals surface area (Å²) in [7, 11) is 0. The van der Waals surface area contributed by atoms with Crippen molar-refractivity contribution in [1.82, 2.24) is 0 Å². The summed E-state index contributed by atoms with van der Waals surface area (Å²) >= 11 is 0. The number of benzene rings is 1. The number of hydrogen-bond acceptors (Lipinski definition) is 3. The molecule has 0 aliphatic rings. The summed E-state index contributed by atoms with van der Waals surface area (Å²) in [6, 6.07) is 0. The topological polar surface area (TPSA) is 60.7 Å². The van der Waals surface area contributed by atoms with Crippen molar-refractivity contribution in [2.75, 3.05) is 0 Å². The Hall–Kier alpha value is -1.22. The lowest BCUT2D eigenvalue weighted by Gasteiger charge is -2.30. The quantitative estimate of drug-likeness (QED) is 0.221. The molecule has 0 aliphatic carbocycles. The normalized spacial score (nSPS) is 14.6. The summed E-state index contributed by atoms with van der Waals surface area (Å²) in [6.45, 7) is 21.6. The minimum atomic E-state index is -0.776. The summed E-state index contributed by atoms with van der Waals surface area (Å²) in [5.41, 5.74) is 2.89. The Balaban J connectivity index is 2.49. The maximum absolute atomic E-state index is 11.0. The average molecular weight is 477 g/mol. The van der Waals surface area contributed by atoms with Gasteiger partial charge in [-0.1, -0.05) is 67.2 Å². The Kier molecular flexibility index (Phi) is 11.5. The highest BCUT2D eigenvalue weighted by atomic mass is 16.3. The van der Waals surface area contributed by atoms with E-state index in [2.05, 4.69) is 41.5 Å². The summed E-state index contributed by atoms with van der Waals surface area (Å²) < 4.78 is 0. The van der Waals surface area contributed by atoms with Gasteiger partial charge in [-0.05, 0) is 106 Å². The molecular formula is C31H56O3. The van der Waals surface area contributed by atoms with Crippen molar-refractivity contribution in [2.45, 2.75) is 145 Å². The summed E-state index contributed by atoms with van der Waals surface area (Å²) in [5, 5.41) is 32.0. The number of rotatable bonds is 15.